The highest BCUT2D eigenvalue weighted by atomic mass is 16.2. The second-order valence-corrected chi connectivity index (χ2v) is 9.29. The van der Waals surface area contributed by atoms with Crippen molar-refractivity contribution in [2.45, 2.75) is 25.9 Å². The van der Waals surface area contributed by atoms with Gasteiger partial charge in [-0.05, 0) is 37.1 Å². The second-order valence-electron chi connectivity index (χ2n) is 9.29. The number of piperazine rings is 1. The smallest absolute Gasteiger partial charge is 0.255 e. The molecule has 1 saturated heterocycles. The summed E-state index contributed by atoms with van der Waals surface area (Å²) >= 11 is 0. The SMILES string of the molecule is CC(C)n1cc(-c2ccc(C(=O)N3CCN(C(c4ccccc4)c4ccccc4)CC3)cn2)cn1. The monoisotopic (exact) mass is 465 g/mol. The van der Waals surface area contributed by atoms with Gasteiger partial charge in [0, 0.05) is 50.2 Å². The molecule has 0 radical (unpaired) electrons. The fraction of sp³-hybridized carbons (Fsp3) is 0.276. The summed E-state index contributed by atoms with van der Waals surface area (Å²) in [6, 6.07) is 25.5. The highest BCUT2D eigenvalue weighted by molar-refractivity contribution is 5.94. The number of hydrogen-bond donors (Lipinski definition) is 0. The summed E-state index contributed by atoms with van der Waals surface area (Å²) in [5, 5.41) is 4.38. The first-order valence-electron chi connectivity index (χ1n) is 12.2. The molecule has 0 spiro atoms. The van der Waals surface area contributed by atoms with Crippen LogP contribution in [0.3, 0.4) is 0 Å². The molecule has 178 valence electrons. The molecule has 0 N–H and O–H groups in total. The van der Waals surface area contributed by atoms with Crippen LogP contribution in [0.5, 0.6) is 0 Å². The Morgan fingerprint density at radius 3 is 1.94 bits per heavy atom. The molecule has 3 heterocycles. The van der Waals surface area contributed by atoms with Crippen LogP contribution >= 0.6 is 0 Å². The molecule has 1 aliphatic heterocycles. The van der Waals surface area contributed by atoms with E-state index in [4.69, 9.17) is 0 Å². The average Bonchev–Trinajstić information content (AvgIpc) is 3.41. The lowest BCUT2D eigenvalue weighted by Gasteiger charge is -2.39. The normalized spacial score (nSPS) is 14.6. The molecule has 5 rings (SSSR count). The van der Waals surface area contributed by atoms with Gasteiger partial charge in [-0.25, -0.2) is 0 Å². The Labute approximate surface area is 206 Å². The molecule has 4 aromatic rings. The fourth-order valence-electron chi connectivity index (χ4n) is 4.69. The Kier molecular flexibility index (Phi) is 6.73. The van der Waals surface area contributed by atoms with Crippen LogP contribution in [0.4, 0.5) is 0 Å². The highest BCUT2D eigenvalue weighted by Gasteiger charge is 2.28. The van der Waals surface area contributed by atoms with Crippen molar-refractivity contribution < 1.29 is 4.79 Å². The van der Waals surface area contributed by atoms with Gasteiger partial charge in [-0.1, -0.05) is 60.7 Å². The lowest BCUT2D eigenvalue weighted by Crippen LogP contribution is -2.49. The molecule has 2 aromatic carbocycles. The van der Waals surface area contributed by atoms with Gasteiger partial charge in [0.05, 0.1) is 23.5 Å². The number of carbonyl (C=O) groups excluding carboxylic acids is 1. The molecule has 1 fully saturated rings. The zero-order valence-electron chi connectivity index (χ0n) is 20.3. The van der Waals surface area contributed by atoms with Gasteiger partial charge in [-0.15, -0.1) is 0 Å². The number of carbonyl (C=O) groups is 1. The Morgan fingerprint density at radius 1 is 0.800 bits per heavy atom. The lowest BCUT2D eigenvalue weighted by atomic mass is 9.96. The number of rotatable bonds is 6. The van der Waals surface area contributed by atoms with Gasteiger partial charge < -0.3 is 4.90 Å². The second kappa shape index (κ2) is 10.2. The van der Waals surface area contributed by atoms with E-state index in [1.54, 1.807) is 6.20 Å². The number of benzene rings is 2. The van der Waals surface area contributed by atoms with Gasteiger partial charge in [-0.3, -0.25) is 19.4 Å². The molecule has 1 amide bonds. The van der Waals surface area contributed by atoms with Gasteiger partial charge in [0.2, 0.25) is 0 Å². The zero-order valence-corrected chi connectivity index (χ0v) is 20.3. The molecule has 6 nitrogen and oxygen atoms in total. The average molecular weight is 466 g/mol. The zero-order chi connectivity index (χ0) is 24.2. The van der Waals surface area contributed by atoms with Crippen LogP contribution < -0.4 is 0 Å². The summed E-state index contributed by atoms with van der Waals surface area (Å²) in [5.41, 5.74) is 4.96. The molecule has 6 heteroatoms. The van der Waals surface area contributed by atoms with Crippen molar-refractivity contribution in [1.29, 1.82) is 0 Å². The third kappa shape index (κ3) is 5.03. The van der Waals surface area contributed by atoms with Crippen molar-refractivity contribution in [3.63, 3.8) is 0 Å². The fourth-order valence-corrected chi connectivity index (χ4v) is 4.69. The van der Waals surface area contributed by atoms with E-state index in [-0.39, 0.29) is 11.9 Å². The Balaban J connectivity index is 1.26. The molecule has 0 atom stereocenters. The quantitative estimate of drug-likeness (QED) is 0.399. The summed E-state index contributed by atoms with van der Waals surface area (Å²) < 4.78 is 1.91. The third-order valence-corrected chi connectivity index (χ3v) is 6.63. The predicted molar refractivity (Wildman–Crippen MR) is 138 cm³/mol. The predicted octanol–water partition coefficient (Wildman–Crippen LogP) is 5.07. The Hall–Kier alpha value is -3.77. The standard InChI is InChI=1S/C29H31N5O/c1-22(2)34-21-26(20-31-34)27-14-13-25(19-30-27)29(35)33-17-15-32(16-18-33)28(23-9-5-3-6-10-23)24-11-7-4-8-12-24/h3-14,19-22,28H,15-18H2,1-2H3. The molecule has 0 bridgehead atoms. The van der Waals surface area contributed by atoms with Crippen molar-refractivity contribution in [2.24, 2.45) is 0 Å². The summed E-state index contributed by atoms with van der Waals surface area (Å²) in [6.07, 6.45) is 5.50. The van der Waals surface area contributed by atoms with Gasteiger partial charge >= 0.3 is 0 Å². The van der Waals surface area contributed by atoms with Crippen LogP contribution in [0.2, 0.25) is 0 Å². The lowest BCUT2D eigenvalue weighted by molar-refractivity contribution is 0.0597. The minimum atomic E-state index is 0.0394. The minimum absolute atomic E-state index is 0.0394. The van der Waals surface area contributed by atoms with Crippen molar-refractivity contribution in [3.8, 4) is 11.3 Å². The van der Waals surface area contributed by atoms with E-state index in [1.165, 1.54) is 11.1 Å². The van der Waals surface area contributed by atoms with E-state index in [9.17, 15) is 4.79 Å². The first-order chi connectivity index (χ1) is 17.1. The topological polar surface area (TPSA) is 54.3 Å². The van der Waals surface area contributed by atoms with Crippen molar-refractivity contribution in [3.05, 3.63) is 108 Å². The maximum Gasteiger partial charge on any atom is 0.255 e. The molecular formula is C29H31N5O. The molecule has 2 aromatic heterocycles. The summed E-state index contributed by atoms with van der Waals surface area (Å²) in [4.78, 5) is 22.2. The van der Waals surface area contributed by atoms with Gasteiger partial charge in [-0.2, -0.15) is 5.10 Å². The van der Waals surface area contributed by atoms with Crippen LogP contribution in [0, 0.1) is 0 Å². The number of hydrogen-bond acceptors (Lipinski definition) is 4. The third-order valence-electron chi connectivity index (χ3n) is 6.63. The van der Waals surface area contributed by atoms with E-state index in [0.29, 0.717) is 24.7 Å². The number of pyridine rings is 1. The van der Waals surface area contributed by atoms with E-state index in [2.05, 4.69) is 89.5 Å². The van der Waals surface area contributed by atoms with Crippen LogP contribution in [-0.4, -0.2) is 56.7 Å². The van der Waals surface area contributed by atoms with Crippen LogP contribution in [0.1, 0.15) is 47.4 Å². The van der Waals surface area contributed by atoms with Crippen molar-refractivity contribution in [2.75, 3.05) is 26.2 Å². The van der Waals surface area contributed by atoms with Gasteiger partial charge in [0.15, 0.2) is 0 Å². The largest absolute Gasteiger partial charge is 0.336 e. The van der Waals surface area contributed by atoms with E-state index in [0.717, 1.165) is 24.3 Å². The van der Waals surface area contributed by atoms with Gasteiger partial charge in [0.1, 0.15) is 0 Å². The first kappa shape index (κ1) is 23.0. The Bertz CT molecular complexity index is 1200. The first-order valence-corrected chi connectivity index (χ1v) is 12.2. The molecule has 0 unspecified atom stereocenters. The maximum absolute atomic E-state index is 13.2. The van der Waals surface area contributed by atoms with E-state index in [1.807, 2.05) is 34.1 Å². The van der Waals surface area contributed by atoms with Crippen molar-refractivity contribution >= 4 is 5.91 Å². The highest BCUT2D eigenvalue weighted by Crippen LogP contribution is 2.29. The van der Waals surface area contributed by atoms with Crippen molar-refractivity contribution in [1.82, 2.24) is 24.6 Å². The minimum Gasteiger partial charge on any atom is -0.336 e. The molecule has 0 aliphatic carbocycles. The number of nitrogens with zero attached hydrogens (tertiary/aromatic N) is 5. The van der Waals surface area contributed by atoms with E-state index < -0.39 is 0 Å². The molecule has 35 heavy (non-hydrogen) atoms. The van der Waals surface area contributed by atoms with E-state index >= 15 is 0 Å². The molecule has 0 saturated carbocycles. The maximum atomic E-state index is 13.2. The van der Waals surface area contributed by atoms with Crippen LogP contribution in [0.25, 0.3) is 11.3 Å². The summed E-state index contributed by atoms with van der Waals surface area (Å²) in [5.74, 6) is 0.0394. The van der Waals surface area contributed by atoms with Crippen LogP contribution in [0.15, 0.2) is 91.4 Å². The van der Waals surface area contributed by atoms with Crippen LogP contribution in [-0.2, 0) is 0 Å². The van der Waals surface area contributed by atoms with Gasteiger partial charge in [0.25, 0.3) is 5.91 Å². The summed E-state index contributed by atoms with van der Waals surface area (Å²) in [6.45, 7) is 7.21. The Morgan fingerprint density at radius 2 is 1.43 bits per heavy atom. The summed E-state index contributed by atoms with van der Waals surface area (Å²) in [7, 11) is 0. The molecular weight excluding hydrogens is 434 g/mol. The molecule has 1 aliphatic rings. The number of amides is 1. The number of aromatic nitrogens is 3.